The van der Waals surface area contributed by atoms with Crippen molar-refractivity contribution in [2.24, 2.45) is 0 Å². The molecule has 0 saturated carbocycles. The van der Waals surface area contributed by atoms with E-state index in [0.29, 0.717) is 24.6 Å². The number of hydrogen-bond acceptors (Lipinski definition) is 6. The lowest BCUT2D eigenvalue weighted by molar-refractivity contribution is -0.136. The van der Waals surface area contributed by atoms with Crippen LogP contribution < -0.4 is 4.90 Å². The zero-order chi connectivity index (χ0) is 19.6. The average molecular weight is 394 g/mol. The largest absolute Gasteiger partial charge is 0.481 e. The van der Waals surface area contributed by atoms with Gasteiger partial charge in [-0.1, -0.05) is 6.07 Å². The number of sulfonamides is 1. The Kier molecular flexibility index (Phi) is 5.38. The van der Waals surface area contributed by atoms with Crippen LogP contribution in [0.1, 0.15) is 11.1 Å². The normalized spacial score (nSPS) is 15.7. The Bertz CT molecular complexity index is 942. The lowest BCUT2D eigenvalue weighted by Crippen LogP contribution is -2.49. The molecule has 144 valence electrons. The molecular formula is C17H19FN4O4S. The van der Waals surface area contributed by atoms with E-state index in [0.717, 1.165) is 18.0 Å². The van der Waals surface area contributed by atoms with Gasteiger partial charge in [0.05, 0.1) is 23.7 Å². The highest BCUT2D eigenvalue weighted by atomic mass is 32.2. The molecule has 0 atom stereocenters. The number of carbonyl (C=O) groups is 1. The maximum absolute atomic E-state index is 12.9. The summed E-state index contributed by atoms with van der Waals surface area (Å²) in [5, 5.41) is 8.99. The highest BCUT2D eigenvalue weighted by Crippen LogP contribution is 2.22. The summed E-state index contributed by atoms with van der Waals surface area (Å²) < 4.78 is 40.1. The number of hydrogen-bond donors (Lipinski definition) is 1. The fourth-order valence-electron chi connectivity index (χ4n) is 2.91. The van der Waals surface area contributed by atoms with Crippen LogP contribution in [0.2, 0.25) is 0 Å². The number of carboxylic acids is 1. The van der Waals surface area contributed by atoms with Crippen molar-refractivity contribution >= 4 is 21.9 Å². The van der Waals surface area contributed by atoms with E-state index in [1.165, 1.54) is 16.4 Å². The molecule has 1 fully saturated rings. The molecule has 1 aliphatic heterocycles. The van der Waals surface area contributed by atoms with Crippen LogP contribution in [-0.2, 0) is 21.2 Å². The molecule has 0 radical (unpaired) electrons. The highest BCUT2D eigenvalue weighted by Gasteiger charge is 2.29. The molecule has 10 heteroatoms. The van der Waals surface area contributed by atoms with Crippen molar-refractivity contribution in [2.45, 2.75) is 18.2 Å². The van der Waals surface area contributed by atoms with Crippen molar-refractivity contribution in [3.05, 3.63) is 47.5 Å². The minimum absolute atomic E-state index is 0.0795. The van der Waals surface area contributed by atoms with Crippen LogP contribution >= 0.6 is 0 Å². The van der Waals surface area contributed by atoms with Gasteiger partial charge in [-0.05, 0) is 30.2 Å². The summed E-state index contributed by atoms with van der Waals surface area (Å²) in [4.78, 5) is 20.7. The van der Waals surface area contributed by atoms with Gasteiger partial charge in [-0.3, -0.25) is 4.79 Å². The van der Waals surface area contributed by atoms with Gasteiger partial charge in [0.15, 0.2) is 5.82 Å². The molecule has 1 N–H and O–H groups in total. The van der Waals surface area contributed by atoms with Gasteiger partial charge in [-0.15, -0.1) is 0 Å². The van der Waals surface area contributed by atoms with Crippen LogP contribution in [0.3, 0.4) is 0 Å². The Labute approximate surface area is 156 Å². The van der Waals surface area contributed by atoms with Gasteiger partial charge >= 0.3 is 5.97 Å². The quantitative estimate of drug-likeness (QED) is 0.809. The second kappa shape index (κ2) is 7.57. The van der Waals surface area contributed by atoms with E-state index >= 15 is 0 Å². The van der Waals surface area contributed by atoms with Crippen LogP contribution in [0.15, 0.2) is 35.5 Å². The first kappa shape index (κ1) is 19.2. The van der Waals surface area contributed by atoms with Crippen molar-refractivity contribution in [1.82, 2.24) is 14.3 Å². The molecule has 0 bridgehead atoms. The van der Waals surface area contributed by atoms with Crippen LogP contribution in [0.5, 0.6) is 0 Å². The van der Waals surface area contributed by atoms with E-state index in [-0.39, 0.29) is 24.4 Å². The first-order valence-electron chi connectivity index (χ1n) is 8.31. The summed E-state index contributed by atoms with van der Waals surface area (Å²) in [6.45, 7) is 2.95. The van der Waals surface area contributed by atoms with Gasteiger partial charge in [0.25, 0.3) is 0 Å². The molecular weight excluding hydrogens is 375 g/mol. The van der Waals surface area contributed by atoms with Crippen LogP contribution in [0.25, 0.3) is 0 Å². The molecule has 8 nitrogen and oxygen atoms in total. The van der Waals surface area contributed by atoms with Gasteiger partial charge in [-0.25, -0.2) is 22.8 Å². The third kappa shape index (κ3) is 4.22. The molecule has 3 rings (SSSR count). The Balaban J connectivity index is 1.75. The lowest BCUT2D eigenvalue weighted by atomic mass is 10.1. The third-order valence-corrected chi connectivity index (χ3v) is 6.32. The summed E-state index contributed by atoms with van der Waals surface area (Å²) in [6, 6.07) is 4.54. The fourth-order valence-corrected chi connectivity index (χ4v) is 4.38. The van der Waals surface area contributed by atoms with Crippen molar-refractivity contribution in [3.8, 4) is 0 Å². The first-order valence-corrected chi connectivity index (χ1v) is 9.75. The minimum atomic E-state index is -3.74. The first-order chi connectivity index (χ1) is 12.8. The molecule has 1 aliphatic rings. The number of rotatable bonds is 5. The number of aromatic nitrogens is 2. The number of anilines is 1. The molecule has 2 aromatic rings. The number of aliphatic carboxylic acids is 1. The van der Waals surface area contributed by atoms with Crippen LogP contribution in [0.4, 0.5) is 10.3 Å². The second-order valence-electron chi connectivity index (χ2n) is 6.25. The number of halogens is 1. The van der Waals surface area contributed by atoms with Crippen LogP contribution in [-0.4, -0.2) is 59.9 Å². The predicted octanol–water partition coefficient (Wildman–Crippen LogP) is 1.06. The standard InChI is InChI=1S/C17H19FN4O4S/c1-12-2-3-15(8-13(12)9-16(23)24)27(25,26)22-6-4-21(5-7-22)17-19-10-14(18)11-20-17/h2-3,8,10-11H,4-7,9H2,1H3,(H,23,24). The molecule has 1 aromatic carbocycles. The van der Waals surface area contributed by atoms with Crippen molar-refractivity contribution in [3.63, 3.8) is 0 Å². The van der Waals surface area contributed by atoms with E-state index in [2.05, 4.69) is 9.97 Å². The maximum atomic E-state index is 12.9. The predicted molar refractivity (Wildman–Crippen MR) is 95.5 cm³/mol. The Morgan fingerprint density at radius 2 is 1.81 bits per heavy atom. The van der Waals surface area contributed by atoms with Crippen molar-refractivity contribution in [2.75, 3.05) is 31.1 Å². The smallest absolute Gasteiger partial charge is 0.307 e. The average Bonchev–Trinajstić information content (AvgIpc) is 2.64. The summed E-state index contributed by atoms with van der Waals surface area (Å²) >= 11 is 0. The summed E-state index contributed by atoms with van der Waals surface area (Å²) in [7, 11) is -3.74. The molecule has 27 heavy (non-hydrogen) atoms. The maximum Gasteiger partial charge on any atom is 0.307 e. The highest BCUT2D eigenvalue weighted by molar-refractivity contribution is 7.89. The SMILES string of the molecule is Cc1ccc(S(=O)(=O)N2CCN(c3ncc(F)cn3)CC2)cc1CC(=O)O. The third-order valence-electron chi connectivity index (χ3n) is 4.43. The van der Waals surface area contributed by atoms with Crippen molar-refractivity contribution in [1.29, 1.82) is 0 Å². The van der Waals surface area contributed by atoms with E-state index in [1.54, 1.807) is 17.9 Å². The van der Waals surface area contributed by atoms with Crippen LogP contribution in [0, 0.1) is 12.7 Å². The zero-order valence-electron chi connectivity index (χ0n) is 14.7. The van der Waals surface area contributed by atoms with Gasteiger partial charge in [0, 0.05) is 26.2 Å². The number of nitrogens with zero attached hydrogens (tertiary/aromatic N) is 4. The monoisotopic (exact) mass is 394 g/mol. The zero-order valence-corrected chi connectivity index (χ0v) is 15.5. The van der Waals surface area contributed by atoms with Crippen molar-refractivity contribution < 1.29 is 22.7 Å². The number of carboxylic acid groups (broad SMARTS) is 1. The Morgan fingerprint density at radius 1 is 1.19 bits per heavy atom. The molecule has 0 spiro atoms. The van der Waals surface area contributed by atoms with Gasteiger partial charge in [-0.2, -0.15) is 4.31 Å². The summed E-state index contributed by atoms with van der Waals surface area (Å²) in [5.41, 5.74) is 1.21. The number of benzene rings is 1. The molecule has 1 saturated heterocycles. The Hall–Kier alpha value is -2.59. The summed E-state index contributed by atoms with van der Waals surface area (Å²) in [6.07, 6.45) is 1.91. The Morgan fingerprint density at radius 3 is 2.41 bits per heavy atom. The topological polar surface area (TPSA) is 104 Å². The minimum Gasteiger partial charge on any atom is -0.481 e. The van der Waals surface area contributed by atoms with E-state index in [9.17, 15) is 17.6 Å². The van der Waals surface area contributed by atoms with E-state index < -0.39 is 21.8 Å². The molecule has 0 amide bonds. The number of piperazine rings is 1. The fraction of sp³-hybridized carbons (Fsp3) is 0.353. The second-order valence-corrected chi connectivity index (χ2v) is 8.19. The number of aryl methyl sites for hydroxylation is 1. The molecule has 2 heterocycles. The van der Waals surface area contributed by atoms with E-state index in [4.69, 9.17) is 5.11 Å². The van der Waals surface area contributed by atoms with Gasteiger partial charge in [0.1, 0.15) is 0 Å². The lowest BCUT2D eigenvalue weighted by Gasteiger charge is -2.34. The molecule has 1 aromatic heterocycles. The van der Waals surface area contributed by atoms with E-state index in [1.807, 2.05) is 0 Å². The molecule has 0 unspecified atom stereocenters. The van der Waals surface area contributed by atoms with Gasteiger partial charge in [0.2, 0.25) is 16.0 Å². The van der Waals surface area contributed by atoms with Gasteiger partial charge < -0.3 is 10.0 Å². The summed E-state index contributed by atoms with van der Waals surface area (Å²) in [5.74, 6) is -1.19. The molecule has 0 aliphatic carbocycles.